The zero-order chi connectivity index (χ0) is 15.4. The number of hydrogen-bond acceptors (Lipinski definition) is 7. The first-order valence-corrected chi connectivity index (χ1v) is 6.39. The van der Waals surface area contributed by atoms with Gasteiger partial charge in [0.05, 0.1) is 6.10 Å². The summed E-state index contributed by atoms with van der Waals surface area (Å²) in [7, 11) is 0. The lowest BCUT2D eigenvalue weighted by molar-refractivity contribution is -0.278. The van der Waals surface area contributed by atoms with Crippen LogP contribution in [0.25, 0.3) is 0 Å². The maximum absolute atomic E-state index is 11.2. The van der Waals surface area contributed by atoms with Crippen molar-refractivity contribution in [3.63, 3.8) is 0 Å². The molecule has 3 unspecified atom stereocenters. The Bertz CT molecular complexity index is 392. The highest BCUT2D eigenvalue weighted by Crippen LogP contribution is 2.31. The van der Waals surface area contributed by atoms with Gasteiger partial charge in [-0.3, -0.25) is 14.4 Å². The fraction of sp³-hybridized carbons (Fsp3) is 0.769. The Morgan fingerprint density at radius 3 is 1.70 bits per heavy atom. The molecule has 1 aliphatic heterocycles. The van der Waals surface area contributed by atoms with Crippen LogP contribution >= 0.6 is 0 Å². The molecule has 1 fully saturated rings. The number of esters is 3. The molecule has 0 radical (unpaired) electrons. The van der Waals surface area contributed by atoms with Gasteiger partial charge in [0.25, 0.3) is 0 Å². The van der Waals surface area contributed by atoms with Crippen LogP contribution < -0.4 is 0 Å². The van der Waals surface area contributed by atoms with E-state index in [0.717, 1.165) is 0 Å². The van der Waals surface area contributed by atoms with Crippen LogP contribution in [0.5, 0.6) is 0 Å². The third-order valence-electron chi connectivity index (χ3n) is 3.09. The van der Waals surface area contributed by atoms with Gasteiger partial charge in [0.2, 0.25) is 12.4 Å². The summed E-state index contributed by atoms with van der Waals surface area (Å²) in [6.45, 7) is 7.27. The van der Waals surface area contributed by atoms with Gasteiger partial charge in [-0.05, 0) is 6.92 Å². The number of rotatable bonds is 3. The molecular formula is C13H20O7. The van der Waals surface area contributed by atoms with Crippen molar-refractivity contribution in [3.8, 4) is 0 Å². The van der Waals surface area contributed by atoms with Gasteiger partial charge in [-0.25, -0.2) is 0 Å². The average molecular weight is 288 g/mol. The molecule has 0 bridgehead atoms. The summed E-state index contributed by atoms with van der Waals surface area (Å²) in [6, 6.07) is 0. The number of hydrogen-bond donors (Lipinski definition) is 0. The van der Waals surface area contributed by atoms with Crippen LogP contribution in [0.15, 0.2) is 0 Å². The quantitative estimate of drug-likeness (QED) is 0.560. The second-order valence-electron chi connectivity index (χ2n) is 4.83. The Balaban J connectivity index is 3.00. The van der Waals surface area contributed by atoms with Crippen LogP contribution in [-0.2, 0) is 33.3 Å². The monoisotopic (exact) mass is 288 g/mol. The standard InChI is InChI=1S/C13H20O7/c1-6-7(2)17-13(20-10(5)16)12(19-9(4)15)11(6)18-8(3)14/h6-7,11-13H,1-5H3/t6-,7?,11+,12?,13?/m1/s1. The predicted molar refractivity (Wildman–Crippen MR) is 66.4 cm³/mol. The van der Waals surface area contributed by atoms with E-state index in [9.17, 15) is 14.4 Å². The van der Waals surface area contributed by atoms with Gasteiger partial charge in [0.1, 0.15) is 6.10 Å². The molecule has 7 heteroatoms. The van der Waals surface area contributed by atoms with E-state index < -0.39 is 36.4 Å². The van der Waals surface area contributed by atoms with Crippen LogP contribution in [0.4, 0.5) is 0 Å². The molecule has 20 heavy (non-hydrogen) atoms. The Kier molecular flexibility index (Phi) is 5.50. The van der Waals surface area contributed by atoms with Crippen molar-refractivity contribution < 1.29 is 33.3 Å². The Labute approximate surface area is 117 Å². The van der Waals surface area contributed by atoms with E-state index in [1.54, 1.807) is 13.8 Å². The summed E-state index contributed by atoms with van der Waals surface area (Å²) in [6.07, 6.45) is -3.13. The number of carbonyl (C=O) groups excluding carboxylic acids is 3. The summed E-state index contributed by atoms with van der Waals surface area (Å²) in [5.74, 6) is -1.87. The van der Waals surface area contributed by atoms with Crippen LogP contribution in [0.3, 0.4) is 0 Å². The maximum atomic E-state index is 11.2. The van der Waals surface area contributed by atoms with Crippen LogP contribution in [0, 0.1) is 5.92 Å². The second-order valence-corrected chi connectivity index (χ2v) is 4.83. The van der Waals surface area contributed by atoms with Crippen molar-refractivity contribution >= 4 is 17.9 Å². The van der Waals surface area contributed by atoms with Crippen molar-refractivity contribution in [1.29, 1.82) is 0 Å². The van der Waals surface area contributed by atoms with Gasteiger partial charge in [-0.1, -0.05) is 6.92 Å². The molecule has 1 heterocycles. The van der Waals surface area contributed by atoms with Crippen molar-refractivity contribution in [2.45, 2.75) is 59.2 Å². The van der Waals surface area contributed by atoms with Crippen LogP contribution in [-0.4, -0.2) is 42.5 Å². The highest BCUT2D eigenvalue weighted by atomic mass is 16.7. The first-order valence-electron chi connectivity index (χ1n) is 6.39. The van der Waals surface area contributed by atoms with E-state index in [1.807, 2.05) is 0 Å². The number of ether oxygens (including phenoxy) is 4. The molecule has 1 saturated heterocycles. The molecule has 0 N–H and O–H groups in total. The molecule has 114 valence electrons. The molecule has 0 aromatic rings. The zero-order valence-electron chi connectivity index (χ0n) is 12.2. The molecule has 0 aromatic carbocycles. The van der Waals surface area contributed by atoms with Crippen LogP contribution in [0.2, 0.25) is 0 Å². The van der Waals surface area contributed by atoms with Gasteiger partial charge < -0.3 is 18.9 Å². The highest BCUT2D eigenvalue weighted by molar-refractivity contribution is 5.68. The van der Waals surface area contributed by atoms with E-state index in [-0.39, 0.29) is 12.0 Å². The van der Waals surface area contributed by atoms with Crippen molar-refractivity contribution in [2.75, 3.05) is 0 Å². The van der Waals surface area contributed by atoms with Crippen molar-refractivity contribution in [3.05, 3.63) is 0 Å². The van der Waals surface area contributed by atoms with E-state index in [1.165, 1.54) is 20.8 Å². The number of carbonyl (C=O) groups is 3. The lowest BCUT2D eigenvalue weighted by Crippen LogP contribution is -2.56. The normalized spacial score (nSPS) is 33.1. The molecule has 0 aliphatic carbocycles. The zero-order valence-corrected chi connectivity index (χ0v) is 12.2. The minimum Gasteiger partial charge on any atom is -0.458 e. The van der Waals surface area contributed by atoms with Gasteiger partial charge in [-0.2, -0.15) is 0 Å². The van der Waals surface area contributed by atoms with Crippen LogP contribution in [0.1, 0.15) is 34.6 Å². The third-order valence-corrected chi connectivity index (χ3v) is 3.09. The summed E-state index contributed by atoms with van der Waals surface area (Å²) in [4.78, 5) is 33.5. The lowest BCUT2D eigenvalue weighted by atomic mass is 9.91. The van der Waals surface area contributed by atoms with E-state index in [2.05, 4.69) is 0 Å². The van der Waals surface area contributed by atoms with Crippen molar-refractivity contribution in [1.82, 2.24) is 0 Å². The predicted octanol–water partition coefficient (Wildman–Crippen LogP) is 0.794. The maximum Gasteiger partial charge on any atom is 0.305 e. The Hall–Kier alpha value is -1.63. The summed E-state index contributed by atoms with van der Waals surface area (Å²) in [5.41, 5.74) is 0. The van der Waals surface area contributed by atoms with Gasteiger partial charge in [0.15, 0.2) is 0 Å². The first-order chi connectivity index (χ1) is 9.22. The molecule has 0 saturated carbocycles. The third kappa shape index (κ3) is 4.19. The molecule has 0 amide bonds. The van der Waals surface area contributed by atoms with Gasteiger partial charge in [0, 0.05) is 26.7 Å². The van der Waals surface area contributed by atoms with E-state index in [0.29, 0.717) is 0 Å². The van der Waals surface area contributed by atoms with Gasteiger partial charge >= 0.3 is 17.9 Å². The SMILES string of the molecule is CC(=O)OC1OC(C)[C@@H](C)[C@H](OC(C)=O)C1OC(C)=O. The molecular weight excluding hydrogens is 268 g/mol. The van der Waals surface area contributed by atoms with E-state index in [4.69, 9.17) is 18.9 Å². The minimum absolute atomic E-state index is 0.213. The topological polar surface area (TPSA) is 88.1 Å². The van der Waals surface area contributed by atoms with Crippen molar-refractivity contribution in [2.24, 2.45) is 5.92 Å². The lowest BCUT2D eigenvalue weighted by Gasteiger charge is -2.42. The molecule has 1 aliphatic rings. The second kappa shape index (κ2) is 6.69. The largest absolute Gasteiger partial charge is 0.458 e. The molecule has 7 nitrogen and oxygen atoms in total. The molecule has 5 atom stereocenters. The fourth-order valence-electron chi connectivity index (χ4n) is 2.07. The molecule has 1 rings (SSSR count). The summed E-state index contributed by atoms with van der Waals surface area (Å²) >= 11 is 0. The Morgan fingerprint density at radius 1 is 0.800 bits per heavy atom. The first kappa shape index (κ1) is 16.4. The molecule has 0 aromatic heterocycles. The fourth-order valence-corrected chi connectivity index (χ4v) is 2.07. The minimum atomic E-state index is -1.09. The Morgan fingerprint density at radius 2 is 1.25 bits per heavy atom. The van der Waals surface area contributed by atoms with Gasteiger partial charge in [-0.15, -0.1) is 0 Å². The molecule has 0 spiro atoms. The summed E-state index contributed by atoms with van der Waals surface area (Å²) in [5, 5.41) is 0. The van der Waals surface area contributed by atoms with E-state index >= 15 is 0 Å². The smallest absolute Gasteiger partial charge is 0.305 e. The average Bonchev–Trinajstić information content (AvgIpc) is 2.28. The highest BCUT2D eigenvalue weighted by Gasteiger charge is 2.48. The summed E-state index contributed by atoms with van der Waals surface area (Å²) < 4.78 is 20.9.